The van der Waals surface area contributed by atoms with Gasteiger partial charge in [0.05, 0.1) is 26.5 Å². The van der Waals surface area contributed by atoms with Gasteiger partial charge in [-0.3, -0.25) is 4.79 Å². The van der Waals surface area contributed by atoms with Crippen molar-refractivity contribution in [3.8, 4) is 5.75 Å². The first-order chi connectivity index (χ1) is 14.5. The third kappa shape index (κ3) is 4.32. The van der Waals surface area contributed by atoms with Crippen molar-refractivity contribution >= 4 is 50.9 Å². The number of halogens is 2. The number of anilines is 1. The van der Waals surface area contributed by atoms with Gasteiger partial charge in [0.2, 0.25) is 0 Å². The number of carbonyl (C=O) groups is 1. The maximum atomic E-state index is 12.9. The quantitative estimate of drug-likeness (QED) is 0.391. The maximum absolute atomic E-state index is 12.9. The van der Waals surface area contributed by atoms with Crippen molar-refractivity contribution in [1.82, 2.24) is 0 Å². The van der Waals surface area contributed by atoms with Crippen molar-refractivity contribution < 1.29 is 9.53 Å². The van der Waals surface area contributed by atoms with E-state index in [0.29, 0.717) is 28.7 Å². The molecule has 0 bridgehead atoms. The zero-order valence-corrected chi connectivity index (χ0v) is 18.5. The maximum Gasteiger partial charge on any atom is 0.280 e. The van der Waals surface area contributed by atoms with Gasteiger partial charge in [-0.05, 0) is 64.3 Å². The summed E-state index contributed by atoms with van der Waals surface area (Å²) in [6, 6.07) is 22.9. The Morgan fingerprint density at radius 3 is 2.40 bits per heavy atom. The molecule has 1 amide bonds. The van der Waals surface area contributed by atoms with Crippen LogP contribution in [0.1, 0.15) is 18.1 Å². The minimum absolute atomic E-state index is 0.171. The lowest BCUT2D eigenvalue weighted by Gasteiger charge is -2.12. The number of hydrogen-bond donors (Lipinski definition) is 0. The molecule has 4 rings (SSSR count). The van der Waals surface area contributed by atoms with E-state index in [1.807, 2.05) is 73.7 Å². The SMILES string of the molecule is CC1=NN(c2ccccc2)C(=O)/C1=C/c1cc(Cl)c(OCc2ccccc2)c(Br)c1. The van der Waals surface area contributed by atoms with Crippen molar-refractivity contribution in [3.05, 3.63) is 99.0 Å². The number of amides is 1. The molecule has 1 heterocycles. The molecule has 3 aromatic carbocycles. The Morgan fingerprint density at radius 1 is 1.07 bits per heavy atom. The second kappa shape index (κ2) is 8.86. The van der Waals surface area contributed by atoms with Crippen molar-refractivity contribution in [2.45, 2.75) is 13.5 Å². The molecule has 3 aromatic rings. The van der Waals surface area contributed by atoms with Gasteiger partial charge in [-0.2, -0.15) is 10.1 Å². The lowest BCUT2D eigenvalue weighted by Crippen LogP contribution is -2.21. The Bertz CT molecular complexity index is 1120. The van der Waals surface area contributed by atoms with Crippen LogP contribution in [0.15, 0.2) is 87.9 Å². The molecule has 1 aliphatic rings. The smallest absolute Gasteiger partial charge is 0.280 e. The minimum Gasteiger partial charge on any atom is -0.486 e. The van der Waals surface area contributed by atoms with E-state index in [1.54, 1.807) is 12.1 Å². The Balaban J connectivity index is 1.57. The Hall–Kier alpha value is -2.89. The van der Waals surface area contributed by atoms with Gasteiger partial charge in [0, 0.05) is 0 Å². The predicted octanol–water partition coefficient (Wildman–Crippen LogP) is 6.49. The highest BCUT2D eigenvalue weighted by molar-refractivity contribution is 9.10. The second-order valence-electron chi connectivity index (χ2n) is 6.78. The summed E-state index contributed by atoms with van der Waals surface area (Å²) in [7, 11) is 0. The fraction of sp³-hybridized carbons (Fsp3) is 0.0833. The molecule has 0 aliphatic carbocycles. The Labute approximate surface area is 188 Å². The summed E-state index contributed by atoms with van der Waals surface area (Å²) in [5.41, 5.74) is 3.75. The summed E-state index contributed by atoms with van der Waals surface area (Å²) in [6.07, 6.45) is 1.79. The largest absolute Gasteiger partial charge is 0.486 e. The van der Waals surface area contributed by atoms with E-state index in [1.165, 1.54) is 5.01 Å². The molecule has 0 fully saturated rings. The zero-order valence-electron chi connectivity index (χ0n) is 16.2. The Kier molecular flexibility index (Phi) is 6.02. The van der Waals surface area contributed by atoms with Crippen LogP contribution >= 0.6 is 27.5 Å². The third-order valence-electron chi connectivity index (χ3n) is 4.62. The van der Waals surface area contributed by atoms with Crippen molar-refractivity contribution in [2.24, 2.45) is 5.10 Å². The van der Waals surface area contributed by atoms with E-state index < -0.39 is 0 Å². The summed E-state index contributed by atoms with van der Waals surface area (Å²) >= 11 is 10.0. The first-order valence-corrected chi connectivity index (χ1v) is 10.5. The topological polar surface area (TPSA) is 41.9 Å². The first-order valence-electron chi connectivity index (χ1n) is 9.35. The van der Waals surface area contributed by atoms with E-state index >= 15 is 0 Å². The highest BCUT2D eigenvalue weighted by atomic mass is 79.9. The van der Waals surface area contributed by atoms with E-state index in [4.69, 9.17) is 16.3 Å². The molecule has 4 nitrogen and oxygen atoms in total. The van der Waals surface area contributed by atoms with Gasteiger partial charge in [0.15, 0.2) is 5.75 Å². The summed E-state index contributed by atoms with van der Waals surface area (Å²) in [5.74, 6) is 0.395. The molecule has 0 spiro atoms. The molecule has 0 radical (unpaired) electrons. The normalized spacial score (nSPS) is 14.9. The number of carbonyl (C=O) groups excluding carboxylic acids is 1. The number of rotatable bonds is 5. The molecule has 0 saturated heterocycles. The van der Waals surface area contributed by atoms with E-state index in [-0.39, 0.29) is 5.91 Å². The number of hydrogen-bond acceptors (Lipinski definition) is 3. The monoisotopic (exact) mass is 480 g/mol. The standard InChI is InChI=1S/C24H18BrClN2O2/c1-16-20(24(29)28(27-16)19-10-6-3-7-11-19)12-18-13-21(25)23(22(26)14-18)30-15-17-8-4-2-5-9-17/h2-14H,15H2,1H3/b20-12+. The summed E-state index contributed by atoms with van der Waals surface area (Å²) < 4.78 is 6.62. The summed E-state index contributed by atoms with van der Waals surface area (Å²) in [5, 5.41) is 6.28. The molecule has 0 atom stereocenters. The number of hydrazone groups is 1. The molecular weight excluding hydrogens is 464 g/mol. The Morgan fingerprint density at radius 2 is 1.73 bits per heavy atom. The lowest BCUT2D eigenvalue weighted by atomic mass is 10.1. The highest BCUT2D eigenvalue weighted by Gasteiger charge is 2.28. The van der Waals surface area contributed by atoms with Crippen LogP contribution in [0.25, 0.3) is 6.08 Å². The van der Waals surface area contributed by atoms with Gasteiger partial charge in [0.1, 0.15) is 6.61 Å². The molecule has 30 heavy (non-hydrogen) atoms. The highest BCUT2D eigenvalue weighted by Crippen LogP contribution is 2.36. The average Bonchev–Trinajstić information content (AvgIpc) is 3.03. The van der Waals surface area contributed by atoms with Crippen LogP contribution in [0.5, 0.6) is 5.75 Å². The van der Waals surface area contributed by atoms with Gasteiger partial charge in [-0.25, -0.2) is 0 Å². The number of nitrogens with zero attached hydrogens (tertiary/aromatic N) is 2. The van der Waals surface area contributed by atoms with Crippen LogP contribution < -0.4 is 9.75 Å². The third-order valence-corrected chi connectivity index (χ3v) is 5.49. The molecule has 1 aliphatic heterocycles. The molecule has 0 unspecified atom stereocenters. The lowest BCUT2D eigenvalue weighted by molar-refractivity contribution is -0.114. The van der Waals surface area contributed by atoms with Gasteiger partial charge in [0.25, 0.3) is 5.91 Å². The zero-order chi connectivity index (χ0) is 21.1. The summed E-state index contributed by atoms with van der Waals surface area (Å²) in [4.78, 5) is 12.9. The fourth-order valence-electron chi connectivity index (χ4n) is 3.13. The van der Waals surface area contributed by atoms with E-state index in [0.717, 1.165) is 21.3 Å². The predicted molar refractivity (Wildman–Crippen MR) is 125 cm³/mol. The average molecular weight is 482 g/mol. The van der Waals surface area contributed by atoms with Crippen LogP contribution in [0.4, 0.5) is 5.69 Å². The second-order valence-corrected chi connectivity index (χ2v) is 8.05. The number of para-hydroxylation sites is 1. The van der Waals surface area contributed by atoms with Crippen LogP contribution in [0, 0.1) is 0 Å². The van der Waals surface area contributed by atoms with Crippen LogP contribution in [0.2, 0.25) is 5.02 Å². The minimum atomic E-state index is -0.171. The van der Waals surface area contributed by atoms with Crippen molar-refractivity contribution in [2.75, 3.05) is 5.01 Å². The fourth-order valence-corrected chi connectivity index (χ4v) is 4.11. The van der Waals surface area contributed by atoms with Crippen LogP contribution in [0.3, 0.4) is 0 Å². The molecule has 0 N–H and O–H groups in total. The van der Waals surface area contributed by atoms with E-state index in [9.17, 15) is 4.79 Å². The van der Waals surface area contributed by atoms with Crippen molar-refractivity contribution in [3.63, 3.8) is 0 Å². The van der Waals surface area contributed by atoms with Crippen LogP contribution in [-0.2, 0) is 11.4 Å². The van der Waals surface area contributed by atoms with Gasteiger partial charge in [-0.15, -0.1) is 0 Å². The first kappa shape index (κ1) is 20.4. The molecular formula is C24H18BrClN2O2. The van der Waals surface area contributed by atoms with Gasteiger partial charge in [-0.1, -0.05) is 60.1 Å². The van der Waals surface area contributed by atoms with Crippen molar-refractivity contribution in [1.29, 1.82) is 0 Å². The molecule has 150 valence electrons. The molecule has 0 aromatic heterocycles. The number of benzene rings is 3. The molecule has 6 heteroatoms. The van der Waals surface area contributed by atoms with E-state index in [2.05, 4.69) is 21.0 Å². The van der Waals surface area contributed by atoms with Crippen LogP contribution in [-0.4, -0.2) is 11.6 Å². The number of ether oxygens (including phenoxy) is 1. The van der Waals surface area contributed by atoms with Gasteiger partial charge >= 0.3 is 0 Å². The van der Waals surface area contributed by atoms with Gasteiger partial charge < -0.3 is 4.74 Å². The summed E-state index contributed by atoms with van der Waals surface area (Å²) in [6.45, 7) is 2.23. The molecule has 0 saturated carbocycles.